The molecule has 3 rings (SSSR count). The lowest BCUT2D eigenvalue weighted by Crippen LogP contribution is -2.44. The molecule has 1 saturated carbocycles. The van der Waals surface area contributed by atoms with Crippen LogP contribution in [-0.2, 0) is 5.41 Å². The Kier molecular flexibility index (Phi) is 6.06. The average Bonchev–Trinajstić information content (AvgIpc) is 2.74. The zero-order valence-electron chi connectivity index (χ0n) is 15.8. The maximum absolute atomic E-state index is 12.8. The molecule has 1 aliphatic rings. The molecule has 0 spiro atoms. The van der Waals surface area contributed by atoms with Crippen molar-refractivity contribution in [3.8, 4) is 11.5 Å². The van der Waals surface area contributed by atoms with Gasteiger partial charge in [-0.1, -0.05) is 41.5 Å². The predicted molar refractivity (Wildman–Crippen MR) is 107 cm³/mol. The summed E-state index contributed by atoms with van der Waals surface area (Å²) in [7, 11) is 1.47. The van der Waals surface area contributed by atoms with Crippen molar-refractivity contribution in [2.45, 2.75) is 37.1 Å². The van der Waals surface area contributed by atoms with Crippen LogP contribution in [0.1, 0.15) is 41.6 Å². The van der Waals surface area contributed by atoms with Crippen LogP contribution < -0.4 is 10.1 Å². The Bertz CT molecular complexity index is 870. The molecule has 0 aromatic heterocycles. The molecule has 146 valence electrons. The second-order valence-corrected chi connectivity index (χ2v) is 7.12. The van der Waals surface area contributed by atoms with E-state index in [1.165, 1.54) is 13.2 Å². The molecule has 7 heteroatoms. The third-order valence-electron chi connectivity index (χ3n) is 5.55. The summed E-state index contributed by atoms with van der Waals surface area (Å²) in [5, 5.41) is 17.0. The standard InChI is InChI=1S/C21H24N4O3/c1-28-18-9-5-8-17(26)19(18)20(27)23-14-21(15-6-3-2-4-7-15)12-10-16(11-13-21)24-25-22/h2-9,16,26H,10-14H2,1H3,(H,23,27)/t16-,21-. The number of hydrogen-bond acceptors (Lipinski definition) is 4. The Morgan fingerprint density at radius 3 is 2.61 bits per heavy atom. The number of azide groups is 1. The first-order valence-electron chi connectivity index (χ1n) is 9.33. The van der Waals surface area contributed by atoms with Gasteiger partial charge in [-0.25, -0.2) is 0 Å². The highest BCUT2D eigenvalue weighted by molar-refractivity contribution is 5.99. The second-order valence-electron chi connectivity index (χ2n) is 7.12. The number of aromatic hydroxyl groups is 1. The molecule has 0 aliphatic heterocycles. The van der Waals surface area contributed by atoms with Crippen LogP contribution >= 0.6 is 0 Å². The summed E-state index contributed by atoms with van der Waals surface area (Å²) in [5.74, 6) is -0.154. The van der Waals surface area contributed by atoms with Gasteiger partial charge in [0.15, 0.2) is 0 Å². The first-order valence-corrected chi connectivity index (χ1v) is 9.33. The zero-order valence-corrected chi connectivity index (χ0v) is 15.8. The minimum absolute atomic E-state index is 0.00389. The molecule has 0 heterocycles. The molecule has 2 aromatic rings. The number of phenolic OH excluding ortho intramolecular Hbond substituents is 1. The second kappa shape index (κ2) is 8.67. The monoisotopic (exact) mass is 380 g/mol. The number of benzene rings is 2. The van der Waals surface area contributed by atoms with Gasteiger partial charge in [-0.3, -0.25) is 4.79 Å². The third-order valence-corrected chi connectivity index (χ3v) is 5.55. The van der Waals surface area contributed by atoms with E-state index in [1.807, 2.05) is 18.2 Å². The van der Waals surface area contributed by atoms with Gasteiger partial charge in [0.05, 0.1) is 7.11 Å². The highest BCUT2D eigenvalue weighted by atomic mass is 16.5. The van der Waals surface area contributed by atoms with Crippen LogP contribution in [0.15, 0.2) is 53.6 Å². The van der Waals surface area contributed by atoms with Crippen LogP contribution in [-0.4, -0.2) is 30.7 Å². The van der Waals surface area contributed by atoms with E-state index in [1.54, 1.807) is 12.1 Å². The van der Waals surface area contributed by atoms with Crippen LogP contribution in [0, 0.1) is 0 Å². The summed E-state index contributed by atoms with van der Waals surface area (Å²) in [5.41, 5.74) is 9.76. The van der Waals surface area contributed by atoms with Gasteiger partial charge in [0.25, 0.3) is 5.91 Å². The quantitative estimate of drug-likeness (QED) is 0.442. The summed E-state index contributed by atoms with van der Waals surface area (Å²) < 4.78 is 5.22. The van der Waals surface area contributed by atoms with Gasteiger partial charge in [0, 0.05) is 22.9 Å². The number of nitrogens with zero attached hydrogens (tertiary/aromatic N) is 3. The van der Waals surface area contributed by atoms with E-state index in [2.05, 4.69) is 27.5 Å². The van der Waals surface area contributed by atoms with E-state index in [0.717, 1.165) is 31.2 Å². The van der Waals surface area contributed by atoms with Gasteiger partial charge in [-0.2, -0.15) is 0 Å². The molecule has 0 radical (unpaired) electrons. The molecule has 0 atom stereocenters. The molecule has 1 amide bonds. The van der Waals surface area contributed by atoms with Crippen molar-refractivity contribution < 1.29 is 14.6 Å². The topological polar surface area (TPSA) is 107 Å². The van der Waals surface area contributed by atoms with Gasteiger partial charge in [-0.15, -0.1) is 0 Å². The lowest BCUT2D eigenvalue weighted by Gasteiger charge is -2.40. The normalized spacial score (nSPS) is 21.4. The van der Waals surface area contributed by atoms with Crippen molar-refractivity contribution in [2.75, 3.05) is 13.7 Å². The van der Waals surface area contributed by atoms with Crippen LogP contribution in [0.3, 0.4) is 0 Å². The number of nitrogens with one attached hydrogen (secondary N) is 1. The van der Waals surface area contributed by atoms with Crippen molar-refractivity contribution in [1.82, 2.24) is 5.32 Å². The van der Waals surface area contributed by atoms with Crippen molar-refractivity contribution >= 4 is 5.91 Å². The fourth-order valence-corrected chi connectivity index (χ4v) is 3.96. The Morgan fingerprint density at radius 1 is 1.25 bits per heavy atom. The maximum atomic E-state index is 12.8. The largest absolute Gasteiger partial charge is 0.507 e. The summed E-state index contributed by atoms with van der Waals surface area (Å²) in [6.07, 6.45) is 3.15. The summed E-state index contributed by atoms with van der Waals surface area (Å²) >= 11 is 0. The molecule has 7 nitrogen and oxygen atoms in total. The molecule has 2 aromatic carbocycles. The third kappa shape index (κ3) is 4.05. The number of carbonyl (C=O) groups excluding carboxylic acids is 1. The Hall–Kier alpha value is -3.18. The van der Waals surface area contributed by atoms with E-state index in [-0.39, 0.29) is 28.7 Å². The van der Waals surface area contributed by atoms with Crippen LogP contribution in [0.2, 0.25) is 0 Å². The Balaban J connectivity index is 1.82. The Labute approximate surface area is 164 Å². The number of hydrogen-bond donors (Lipinski definition) is 2. The number of ether oxygens (including phenoxy) is 1. The first-order chi connectivity index (χ1) is 13.6. The van der Waals surface area contributed by atoms with Gasteiger partial charge in [0.2, 0.25) is 0 Å². The molecule has 0 saturated heterocycles. The van der Waals surface area contributed by atoms with Crippen molar-refractivity contribution in [1.29, 1.82) is 0 Å². The SMILES string of the molecule is COc1cccc(O)c1C(=O)NC[C@]1(c2ccccc2)CC[C@H](N=[N+]=[N-])CC1. The average molecular weight is 380 g/mol. The molecule has 2 N–H and O–H groups in total. The highest BCUT2D eigenvalue weighted by Gasteiger charge is 2.37. The number of rotatable bonds is 6. The van der Waals surface area contributed by atoms with E-state index in [0.29, 0.717) is 12.3 Å². The minimum atomic E-state index is -0.373. The van der Waals surface area contributed by atoms with E-state index in [9.17, 15) is 9.90 Å². The lowest BCUT2D eigenvalue weighted by atomic mass is 9.68. The molecular formula is C21H24N4O3. The number of carbonyl (C=O) groups is 1. The van der Waals surface area contributed by atoms with Gasteiger partial charge < -0.3 is 15.2 Å². The zero-order chi connectivity index (χ0) is 20.0. The lowest BCUT2D eigenvalue weighted by molar-refractivity contribution is 0.0929. The predicted octanol–water partition coefficient (Wildman–Crippen LogP) is 4.32. The van der Waals surface area contributed by atoms with E-state index >= 15 is 0 Å². The van der Waals surface area contributed by atoms with Gasteiger partial charge in [-0.05, 0) is 48.9 Å². The smallest absolute Gasteiger partial charge is 0.258 e. The molecule has 28 heavy (non-hydrogen) atoms. The summed E-state index contributed by atoms with van der Waals surface area (Å²) in [6, 6.07) is 14.8. The van der Waals surface area contributed by atoms with Crippen molar-refractivity contribution in [3.63, 3.8) is 0 Å². The maximum Gasteiger partial charge on any atom is 0.258 e. The Morgan fingerprint density at radius 2 is 1.96 bits per heavy atom. The first kappa shape index (κ1) is 19.6. The van der Waals surface area contributed by atoms with E-state index < -0.39 is 0 Å². The van der Waals surface area contributed by atoms with Gasteiger partial charge in [0.1, 0.15) is 17.1 Å². The van der Waals surface area contributed by atoms with Crippen LogP contribution in [0.5, 0.6) is 11.5 Å². The minimum Gasteiger partial charge on any atom is -0.507 e. The number of amides is 1. The number of phenols is 1. The van der Waals surface area contributed by atoms with Crippen LogP contribution in [0.25, 0.3) is 10.4 Å². The number of methoxy groups -OCH3 is 1. The summed E-state index contributed by atoms with van der Waals surface area (Å²) in [4.78, 5) is 15.7. The van der Waals surface area contributed by atoms with E-state index in [4.69, 9.17) is 10.3 Å². The fraction of sp³-hybridized carbons (Fsp3) is 0.381. The highest BCUT2D eigenvalue weighted by Crippen LogP contribution is 2.40. The molecule has 0 unspecified atom stereocenters. The van der Waals surface area contributed by atoms with Gasteiger partial charge >= 0.3 is 0 Å². The van der Waals surface area contributed by atoms with Crippen molar-refractivity contribution in [3.05, 3.63) is 70.1 Å². The van der Waals surface area contributed by atoms with Crippen molar-refractivity contribution in [2.24, 2.45) is 5.11 Å². The summed E-state index contributed by atoms with van der Waals surface area (Å²) in [6.45, 7) is 0.427. The molecule has 1 aliphatic carbocycles. The fourth-order valence-electron chi connectivity index (χ4n) is 3.96. The molecule has 0 bridgehead atoms. The molecule has 1 fully saturated rings. The molecular weight excluding hydrogens is 356 g/mol. The van der Waals surface area contributed by atoms with Crippen LogP contribution in [0.4, 0.5) is 0 Å².